The summed E-state index contributed by atoms with van der Waals surface area (Å²) < 4.78 is 0. The third kappa shape index (κ3) is 10.4. The maximum absolute atomic E-state index is 9.69. The standard InChI is InChI=1S/C14H30O2/c1-3-5-6-7-8-9-10-14(16)12-11-13(15)4-2/h13-16H,3-12H2,1-2H3/t13-,14-/m0/s1. The molecule has 0 radical (unpaired) electrons. The number of aliphatic hydroxyl groups is 2. The minimum atomic E-state index is -0.223. The van der Waals surface area contributed by atoms with E-state index < -0.39 is 0 Å². The van der Waals surface area contributed by atoms with Gasteiger partial charge in [-0.2, -0.15) is 0 Å². The van der Waals surface area contributed by atoms with Gasteiger partial charge in [0.05, 0.1) is 12.2 Å². The van der Waals surface area contributed by atoms with Crippen molar-refractivity contribution in [1.29, 1.82) is 0 Å². The highest BCUT2D eigenvalue weighted by atomic mass is 16.3. The molecule has 0 spiro atoms. The number of rotatable bonds is 11. The van der Waals surface area contributed by atoms with Crippen molar-refractivity contribution in [3.8, 4) is 0 Å². The summed E-state index contributed by atoms with van der Waals surface area (Å²) in [6.45, 7) is 4.20. The average Bonchev–Trinajstić information content (AvgIpc) is 2.30. The van der Waals surface area contributed by atoms with Crippen molar-refractivity contribution in [2.45, 2.75) is 90.3 Å². The van der Waals surface area contributed by atoms with Crippen LogP contribution in [-0.2, 0) is 0 Å². The van der Waals surface area contributed by atoms with Crippen LogP contribution in [0.25, 0.3) is 0 Å². The van der Waals surface area contributed by atoms with Gasteiger partial charge in [0.2, 0.25) is 0 Å². The van der Waals surface area contributed by atoms with E-state index in [-0.39, 0.29) is 12.2 Å². The van der Waals surface area contributed by atoms with Gasteiger partial charge >= 0.3 is 0 Å². The third-order valence-electron chi connectivity index (χ3n) is 3.20. The first-order valence-electron chi connectivity index (χ1n) is 7.06. The van der Waals surface area contributed by atoms with Crippen LogP contribution in [0.4, 0.5) is 0 Å². The molecule has 0 saturated carbocycles. The van der Waals surface area contributed by atoms with Gasteiger partial charge in [-0.25, -0.2) is 0 Å². The Balaban J connectivity index is 3.20. The number of aliphatic hydroxyl groups excluding tert-OH is 2. The Bertz CT molecular complexity index is 137. The van der Waals surface area contributed by atoms with Gasteiger partial charge in [-0.3, -0.25) is 0 Å². The summed E-state index contributed by atoms with van der Waals surface area (Å²) in [7, 11) is 0. The summed E-state index contributed by atoms with van der Waals surface area (Å²) in [6.07, 6.45) is 10.4. The lowest BCUT2D eigenvalue weighted by molar-refractivity contribution is 0.105. The smallest absolute Gasteiger partial charge is 0.0541 e. The second-order valence-corrected chi connectivity index (χ2v) is 4.85. The maximum atomic E-state index is 9.69. The van der Waals surface area contributed by atoms with Crippen LogP contribution in [0, 0.1) is 0 Å². The molecular weight excluding hydrogens is 200 g/mol. The predicted molar refractivity (Wildman–Crippen MR) is 69.5 cm³/mol. The molecule has 2 heteroatoms. The van der Waals surface area contributed by atoms with Crippen molar-refractivity contribution >= 4 is 0 Å². The minimum Gasteiger partial charge on any atom is -0.393 e. The van der Waals surface area contributed by atoms with E-state index in [1.165, 1.54) is 32.1 Å². The van der Waals surface area contributed by atoms with Crippen molar-refractivity contribution < 1.29 is 10.2 Å². The first-order chi connectivity index (χ1) is 7.70. The van der Waals surface area contributed by atoms with Gasteiger partial charge in [0, 0.05) is 0 Å². The Hall–Kier alpha value is -0.0800. The molecule has 0 rings (SSSR count). The zero-order valence-electron chi connectivity index (χ0n) is 11.1. The van der Waals surface area contributed by atoms with E-state index in [9.17, 15) is 10.2 Å². The van der Waals surface area contributed by atoms with Crippen LogP contribution >= 0.6 is 0 Å². The van der Waals surface area contributed by atoms with Crippen molar-refractivity contribution in [3.05, 3.63) is 0 Å². The second-order valence-electron chi connectivity index (χ2n) is 4.85. The van der Waals surface area contributed by atoms with E-state index in [1.54, 1.807) is 0 Å². The van der Waals surface area contributed by atoms with Crippen molar-refractivity contribution in [2.75, 3.05) is 0 Å². The lowest BCUT2D eigenvalue weighted by atomic mass is 10.0. The van der Waals surface area contributed by atoms with Gasteiger partial charge in [-0.05, 0) is 25.7 Å². The van der Waals surface area contributed by atoms with Crippen molar-refractivity contribution in [2.24, 2.45) is 0 Å². The molecule has 16 heavy (non-hydrogen) atoms. The normalized spacial score (nSPS) is 15.0. The molecule has 0 aromatic rings. The van der Waals surface area contributed by atoms with Crippen LogP contribution in [0.1, 0.15) is 78.1 Å². The molecule has 0 aromatic carbocycles. The van der Waals surface area contributed by atoms with Gasteiger partial charge in [0.25, 0.3) is 0 Å². The van der Waals surface area contributed by atoms with Crippen molar-refractivity contribution in [1.82, 2.24) is 0 Å². The molecule has 0 fully saturated rings. The first-order valence-corrected chi connectivity index (χ1v) is 7.06. The van der Waals surface area contributed by atoms with E-state index in [1.807, 2.05) is 6.92 Å². The molecule has 0 unspecified atom stereocenters. The molecule has 0 aromatic heterocycles. The van der Waals surface area contributed by atoms with E-state index >= 15 is 0 Å². The molecule has 98 valence electrons. The van der Waals surface area contributed by atoms with Gasteiger partial charge in [0.15, 0.2) is 0 Å². The largest absolute Gasteiger partial charge is 0.393 e. The average molecular weight is 230 g/mol. The Morgan fingerprint density at radius 1 is 0.688 bits per heavy atom. The molecule has 0 aliphatic heterocycles. The monoisotopic (exact) mass is 230 g/mol. The number of hydrogen-bond donors (Lipinski definition) is 2. The van der Waals surface area contributed by atoms with E-state index in [0.717, 1.165) is 32.1 Å². The van der Waals surface area contributed by atoms with Crippen molar-refractivity contribution in [3.63, 3.8) is 0 Å². The molecule has 0 heterocycles. The topological polar surface area (TPSA) is 40.5 Å². The Labute approximate surface area is 101 Å². The summed E-state index contributed by atoms with van der Waals surface area (Å²) in [5, 5.41) is 19.0. The van der Waals surface area contributed by atoms with E-state index in [0.29, 0.717) is 0 Å². The lowest BCUT2D eigenvalue weighted by Gasteiger charge is -2.12. The van der Waals surface area contributed by atoms with Gasteiger partial charge in [-0.1, -0.05) is 52.4 Å². The summed E-state index contributed by atoms with van der Waals surface area (Å²) in [5.74, 6) is 0. The minimum absolute atomic E-state index is 0.202. The summed E-state index contributed by atoms with van der Waals surface area (Å²) in [6, 6.07) is 0. The summed E-state index contributed by atoms with van der Waals surface area (Å²) in [5.41, 5.74) is 0. The molecule has 0 aliphatic rings. The molecule has 2 atom stereocenters. The zero-order chi connectivity index (χ0) is 12.2. The SMILES string of the molecule is CCCCCCCC[C@H](O)CC[C@@H](O)CC. The van der Waals surface area contributed by atoms with Crippen LogP contribution in [0.2, 0.25) is 0 Å². The highest BCUT2D eigenvalue weighted by molar-refractivity contribution is 4.60. The third-order valence-corrected chi connectivity index (χ3v) is 3.20. The maximum Gasteiger partial charge on any atom is 0.0541 e. The summed E-state index contributed by atoms with van der Waals surface area (Å²) in [4.78, 5) is 0. The van der Waals surface area contributed by atoms with Crippen LogP contribution in [0.15, 0.2) is 0 Å². The Morgan fingerprint density at radius 3 is 1.88 bits per heavy atom. The van der Waals surface area contributed by atoms with Crippen LogP contribution < -0.4 is 0 Å². The van der Waals surface area contributed by atoms with Crippen LogP contribution in [0.3, 0.4) is 0 Å². The molecule has 0 amide bonds. The quantitative estimate of drug-likeness (QED) is 0.532. The number of unbranched alkanes of at least 4 members (excludes halogenated alkanes) is 5. The van der Waals surface area contributed by atoms with E-state index in [2.05, 4.69) is 6.92 Å². The molecule has 0 saturated heterocycles. The second kappa shape index (κ2) is 11.4. The van der Waals surface area contributed by atoms with Crippen LogP contribution in [0.5, 0.6) is 0 Å². The zero-order valence-corrected chi connectivity index (χ0v) is 11.1. The lowest BCUT2D eigenvalue weighted by Crippen LogP contribution is -2.12. The first kappa shape index (κ1) is 15.9. The van der Waals surface area contributed by atoms with Gasteiger partial charge < -0.3 is 10.2 Å². The fourth-order valence-electron chi connectivity index (χ4n) is 1.89. The van der Waals surface area contributed by atoms with E-state index in [4.69, 9.17) is 0 Å². The van der Waals surface area contributed by atoms with Gasteiger partial charge in [0.1, 0.15) is 0 Å². The fraction of sp³-hybridized carbons (Fsp3) is 1.00. The fourth-order valence-corrected chi connectivity index (χ4v) is 1.89. The van der Waals surface area contributed by atoms with Gasteiger partial charge in [-0.15, -0.1) is 0 Å². The molecule has 2 nitrogen and oxygen atoms in total. The highest BCUT2D eigenvalue weighted by Gasteiger charge is 2.07. The molecule has 0 bridgehead atoms. The molecular formula is C14H30O2. The number of hydrogen-bond acceptors (Lipinski definition) is 2. The summed E-state index contributed by atoms with van der Waals surface area (Å²) >= 11 is 0. The predicted octanol–water partition coefficient (Wildman–Crippen LogP) is 3.65. The Morgan fingerprint density at radius 2 is 1.25 bits per heavy atom. The van der Waals surface area contributed by atoms with Crippen LogP contribution in [-0.4, -0.2) is 22.4 Å². The Kier molecular flexibility index (Phi) is 11.3. The molecule has 2 N–H and O–H groups in total. The highest BCUT2D eigenvalue weighted by Crippen LogP contribution is 2.12. The molecule has 0 aliphatic carbocycles.